The van der Waals surface area contributed by atoms with E-state index in [1.54, 1.807) is 55.5 Å². The average Bonchev–Trinajstić information content (AvgIpc) is 3.24. The monoisotopic (exact) mass is 700 g/mol. The van der Waals surface area contributed by atoms with Gasteiger partial charge in [-0.05, 0) is 60.5 Å². The first-order chi connectivity index (χ1) is 19.1. The van der Waals surface area contributed by atoms with Crippen molar-refractivity contribution in [2.24, 2.45) is 5.73 Å². The Kier molecular flexibility index (Phi) is 8.01. The minimum Gasteiger partial charge on any atom is -0.463 e. The Morgan fingerprint density at radius 1 is 1.02 bits per heavy atom. The Balaban J connectivity index is 1.94. The summed E-state index contributed by atoms with van der Waals surface area (Å²) in [5.41, 5.74) is 7.35. The Bertz CT molecular complexity index is 1960. The van der Waals surface area contributed by atoms with Gasteiger partial charge in [0.2, 0.25) is 9.84 Å². The highest BCUT2D eigenvalue weighted by molar-refractivity contribution is 9.10. The number of aromatic nitrogens is 1. The van der Waals surface area contributed by atoms with E-state index in [4.69, 9.17) is 10.5 Å². The Labute approximate surface area is 251 Å². The molecule has 40 heavy (non-hydrogen) atoms. The highest BCUT2D eigenvalue weighted by Crippen LogP contribution is 2.42. The Hall–Kier alpha value is -3.25. The lowest BCUT2D eigenvalue weighted by Crippen LogP contribution is -2.41. The molecule has 11 heteroatoms. The largest absolute Gasteiger partial charge is 0.463 e. The highest BCUT2D eigenvalue weighted by Gasteiger charge is 2.42. The number of nitrogens with zero attached hydrogens (tertiary/aromatic N) is 1. The second kappa shape index (κ2) is 11.3. The third kappa shape index (κ3) is 5.14. The van der Waals surface area contributed by atoms with E-state index in [1.807, 2.05) is 24.3 Å². The van der Waals surface area contributed by atoms with Crippen molar-refractivity contribution in [3.05, 3.63) is 123 Å². The van der Waals surface area contributed by atoms with E-state index in [-0.39, 0.29) is 37.0 Å². The lowest BCUT2D eigenvalue weighted by atomic mass is 9.89. The predicted octanol–water partition coefficient (Wildman–Crippen LogP) is 4.33. The predicted molar refractivity (Wildman–Crippen MR) is 163 cm³/mol. The summed E-state index contributed by atoms with van der Waals surface area (Å²) in [6.45, 7) is 1.72. The van der Waals surface area contributed by atoms with E-state index in [9.17, 15) is 18.0 Å². The molecule has 5 rings (SSSR count). The summed E-state index contributed by atoms with van der Waals surface area (Å²) in [6.07, 6.45) is 1.68. The van der Waals surface area contributed by atoms with E-state index in [0.717, 1.165) is 25.9 Å². The van der Waals surface area contributed by atoms with Gasteiger partial charge in [-0.2, -0.15) is 0 Å². The van der Waals surface area contributed by atoms with Crippen molar-refractivity contribution in [3.8, 4) is 0 Å². The molecule has 1 atom stereocenters. The zero-order chi connectivity index (χ0) is 28.6. The summed E-state index contributed by atoms with van der Waals surface area (Å²) in [7, 11) is -4.28. The first-order valence-corrected chi connectivity index (χ1v) is 16.0. The van der Waals surface area contributed by atoms with Crippen LogP contribution in [0.4, 0.5) is 0 Å². The van der Waals surface area contributed by atoms with Gasteiger partial charge in [-0.25, -0.2) is 13.2 Å². The number of rotatable bonds is 6. The molecule has 2 heterocycles. The Morgan fingerprint density at radius 3 is 2.35 bits per heavy atom. The van der Waals surface area contributed by atoms with Gasteiger partial charge >= 0.3 is 5.97 Å². The highest BCUT2D eigenvalue weighted by atomic mass is 79.9. The van der Waals surface area contributed by atoms with Gasteiger partial charge in [0.05, 0.1) is 27.5 Å². The van der Waals surface area contributed by atoms with Crippen molar-refractivity contribution < 1.29 is 17.9 Å². The van der Waals surface area contributed by atoms with Gasteiger partial charge in [-0.1, -0.05) is 74.3 Å². The molecule has 1 aliphatic rings. The van der Waals surface area contributed by atoms with E-state index >= 15 is 0 Å². The number of carbonyl (C=O) groups excluding carboxylic acids is 1. The fourth-order valence-electron chi connectivity index (χ4n) is 4.58. The van der Waals surface area contributed by atoms with Crippen LogP contribution in [0.2, 0.25) is 0 Å². The zero-order valence-corrected chi connectivity index (χ0v) is 25.8. The van der Waals surface area contributed by atoms with Crippen molar-refractivity contribution >= 4 is 76.5 Å². The average molecular weight is 702 g/mol. The topological polar surface area (TPSA) is 108 Å². The van der Waals surface area contributed by atoms with Crippen LogP contribution in [0, 0.1) is 0 Å². The number of hydrogen-bond donors (Lipinski definition) is 1. The van der Waals surface area contributed by atoms with Crippen LogP contribution in [0.3, 0.4) is 0 Å². The zero-order valence-electron chi connectivity index (χ0n) is 21.0. The molecule has 204 valence electrons. The molecule has 0 amide bonds. The van der Waals surface area contributed by atoms with Crippen molar-refractivity contribution in [2.45, 2.75) is 17.7 Å². The second-order valence-corrected chi connectivity index (χ2v) is 13.6. The van der Waals surface area contributed by atoms with Gasteiger partial charge in [0.1, 0.15) is 15.4 Å². The van der Waals surface area contributed by atoms with E-state index in [2.05, 4.69) is 31.9 Å². The number of allylic oxidation sites excluding steroid dienone is 1. The minimum absolute atomic E-state index is 0.0104. The lowest BCUT2D eigenvalue weighted by Gasteiger charge is -2.28. The maximum Gasteiger partial charge on any atom is 0.338 e. The molecular formula is C29H22Br2N2O5S2. The van der Waals surface area contributed by atoms with Crippen molar-refractivity contribution in [3.63, 3.8) is 0 Å². The van der Waals surface area contributed by atoms with E-state index in [1.165, 1.54) is 12.1 Å². The number of esters is 1. The molecule has 0 saturated carbocycles. The number of nitrogens with two attached hydrogens (primary N) is 1. The number of hydrogen-bond acceptors (Lipinski definition) is 7. The van der Waals surface area contributed by atoms with Crippen LogP contribution in [0.1, 0.15) is 24.0 Å². The third-order valence-corrected chi connectivity index (χ3v) is 10.3. The van der Waals surface area contributed by atoms with Gasteiger partial charge in [0.25, 0.3) is 5.56 Å². The van der Waals surface area contributed by atoms with Gasteiger partial charge in [0.15, 0.2) is 0 Å². The number of benzene rings is 3. The molecule has 0 radical (unpaired) electrons. The minimum atomic E-state index is -4.28. The molecule has 7 nitrogen and oxygen atoms in total. The number of fused-ring (bicyclic) bond motifs is 1. The molecule has 4 aromatic rings. The Morgan fingerprint density at radius 2 is 1.70 bits per heavy atom. The van der Waals surface area contributed by atoms with Crippen LogP contribution in [-0.2, 0) is 19.4 Å². The summed E-state index contributed by atoms with van der Waals surface area (Å²) in [5, 5.41) is 0. The first-order valence-electron chi connectivity index (χ1n) is 12.1. The SMILES string of the molecule is CCOC(=O)C1=c2s/c(=C/c3cccc(Br)c3)c(=O)n2C(N)=C(S(=O)(=O)c2ccccc2)C1c1cccc(Br)c1. The smallest absolute Gasteiger partial charge is 0.338 e. The molecular weight excluding hydrogens is 680 g/mol. The number of carbonyl (C=O) groups is 1. The van der Waals surface area contributed by atoms with Crippen LogP contribution in [-0.4, -0.2) is 25.6 Å². The molecule has 2 N–H and O–H groups in total. The summed E-state index contributed by atoms with van der Waals surface area (Å²) in [6, 6.07) is 22.2. The fourth-order valence-corrected chi connectivity index (χ4v) is 8.28. The number of sulfone groups is 1. The molecule has 0 bridgehead atoms. The normalized spacial score (nSPS) is 15.7. The van der Waals surface area contributed by atoms with Crippen LogP contribution >= 0.6 is 43.2 Å². The van der Waals surface area contributed by atoms with Gasteiger partial charge in [0, 0.05) is 8.95 Å². The number of halogens is 2. The molecule has 1 aliphatic heterocycles. The summed E-state index contributed by atoms with van der Waals surface area (Å²) in [4.78, 5) is 27.1. The van der Waals surface area contributed by atoms with Crippen LogP contribution in [0.25, 0.3) is 17.5 Å². The summed E-state index contributed by atoms with van der Waals surface area (Å²) in [5.74, 6) is -2.12. The second-order valence-electron chi connectivity index (χ2n) is 8.80. The summed E-state index contributed by atoms with van der Waals surface area (Å²) < 4.78 is 37.0. The molecule has 1 unspecified atom stereocenters. The number of ether oxygens (including phenoxy) is 1. The maximum absolute atomic E-state index is 14.2. The van der Waals surface area contributed by atoms with Crippen LogP contribution in [0.5, 0.6) is 0 Å². The molecule has 0 spiro atoms. The third-order valence-electron chi connectivity index (χ3n) is 6.27. The molecule has 0 fully saturated rings. The standard InChI is InChI=1S/C29H22Br2N2O5S2/c1-2-38-29(35)24-23(18-9-7-11-20(31)16-18)25(40(36,37)21-12-4-3-5-13-21)26(32)33-27(34)22(39-28(24)33)15-17-8-6-10-19(30)14-17/h3-16,23H,2,32H2,1H3/b22-15+. The van der Waals surface area contributed by atoms with Gasteiger partial charge in [-0.15, -0.1) is 11.3 Å². The van der Waals surface area contributed by atoms with Crippen molar-refractivity contribution in [1.82, 2.24) is 4.57 Å². The molecule has 1 aromatic heterocycles. The maximum atomic E-state index is 14.2. The molecule has 0 aliphatic carbocycles. The van der Waals surface area contributed by atoms with E-state index in [0.29, 0.717) is 10.0 Å². The van der Waals surface area contributed by atoms with Crippen LogP contribution in [0.15, 0.2) is 102 Å². The lowest BCUT2D eigenvalue weighted by molar-refractivity contribution is -0.136. The van der Waals surface area contributed by atoms with Crippen molar-refractivity contribution in [1.29, 1.82) is 0 Å². The van der Waals surface area contributed by atoms with Crippen molar-refractivity contribution in [2.75, 3.05) is 6.61 Å². The summed E-state index contributed by atoms with van der Waals surface area (Å²) >= 11 is 7.95. The number of thiazole rings is 1. The fraction of sp³-hybridized carbons (Fsp3) is 0.103. The molecule has 3 aromatic carbocycles. The van der Waals surface area contributed by atoms with Gasteiger partial charge in [-0.3, -0.25) is 9.36 Å². The quantitative estimate of drug-likeness (QED) is 0.300. The van der Waals surface area contributed by atoms with Crippen LogP contribution < -0.4 is 20.5 Å². The first kappa shape index (κ1) is 28.3. The van der Waals surface area contributed by atoms with Gasteiger partial charge < -0.3 is 10.5 Å². The molecule has 0 saturated heterocycles. The van der Waals surface area contributed by atoms with E-state index < -0.39 is 27.3 Å².